The van der Waals surface area contributed by atoms with Gasteiger partial charge in [-0.15, -0.1) is 0 Å². The minimum absolute atomic E-state index is 0.0104. The highest BCUT2D eigenvalue weighted by atomic mass is 35.5. The number of pyridine rings is 1. The topological polar surface area (TPSA) is 128 Å². The fourth-order valence-electron chi connectivity index (χ4n) is 3.27. The number of amides is 1. The number of carbonyl (C=O) groups is 1. The van der Waals surface area contributed by atoms with Crippen LogP contribution in [-0.2, 0) is 10.0 Å². The predicted octanol–water partition coefficient (Wildman–Crippen LogP) is 3.28. The first-order valence-corrected chi connectivity index (χ1v) is 11.8. The van der Waals surface area contributed by atoms with Crippen LogP contribution in [0.25, 0.3) is 16.8 Å². The quantitative estimate of drug-likeness (QED) is 0.381. The van der Waals surface area contributed by atoms with Gasteiger partial charge in [-0.25, -0.2) is 27.2 Å². The van der Waals surface area contributed by atoms with E-state index in [0.717, 1.165) is 18.2 Å². The number of imidazole rings is 1. The van der Waals surface area contributed by atoms with Crippen molar-refractivity contribution in [3.63, 3.8) is 0 Å². The van der Waals surface area contributed by atoms with Crippen LogP contribution in [-0.4, -0.2) is 47.3 Å². The molecule has 3 aromatic heterocycles. The number of sulfonamides is 1. The zero-order chi connectivity index (χ0) is 25.3. The van der Waals surface area contributed by atoms with Crippen molar-refractivity contribution in [3.05, 3.63) is 65.5 Å². The van der Waals surface area contributed by atoms with Crippen LogP contribution in [0.15, 0.2) is 48.0 Å². The summed E-state index contributed by atoms with van der Waals surface area (Å²) < 4.78 is 64.3. The van der Waals surface area contributed by atoms with Crippen molar-refractivity contribution in [1.29, 1.82) is 0 Å². The minimum Gasteiger partial charge on any atom is -0.480 e. The number of benzene rings is 1. The van der Waals surface area contributed by atoms with Crippen molar-refractivity contribution < 1.29 is 26.7 Å². The average Bonchev–Trinajstić information content (AvgIpc) is 3.25. The number of aromatic nitrogens is 4. The van der Waals surface area contributed by atoms with Crippen molar-refractivity contribution in [3.8, 4) is 17.1 Å². The third-order valence-corrected chi connectivity index (χ3v) is 6.40. The van der Waals surface area contributed by atoms with Gasteiger partial charge in [0.2, 0.25) is 5.88 Å². The second-order valence-corrected chi connectivity index (χ2v) is 9.16. The molecule has 1 amide bonds. The molecule has 1 aromatic carbocycles. The van der Waals surface area contributed by atoms with E-state index in [1.807, 2.05) is 0 Å². The van der Waals surface area contributed by atoms with Gasteiger partial charge in [0, 0.05) is 18.9 Å². The Labute approximate surface area is 203 Å². The Morgan fingerprint density at radius 2 is 1.97 bits per heavy atom. The zero-order valence-electron chi connectivity index (χ0n) is 18.2. The Morgan fingerprint density at radius 1 is 1.20 bits per heavy atom. The maximum Gasteiger partial charge on any atom is 0.272 e. The highest BCUT2D eigenvalue weighted by Gasteiger charge is 2.25. The highest BCUT2D eigenvalue weighted by Crippen LogP contribution is 2.32. The lowest BCUT2D eigenvalue weighted by Crippen LogP contribution is -2.23. The van der Waals surface area contributed by atoms with Gasteiger partial charge in [-0.3, -0.25) is 14.5 Å². The molecule has 0 aliphatic heterocycles. The maximum absolute atomic E-state index is 15.4. The van der Waals surface area contributed by atoms with Gasteiger partial charge < -0.3 is 14.5 Å². The second kappa shape index (κ2) is 9.43. The molecule has 35 heavy (non-hydrogen) atoms. The molecular weight excluding hydrogens is 506 g/mol. The van der Waals surface area contributed by atoms with E-state index in [2.05, 4.69) is 25.0 Å². The smallest absolute Gasteiger partial charge is 0.272 e. The fourth-order valence-corrected chi connectivity index (χ4v) is 4.69. The molecule has 2 N–H and O–H groups in total. The van der Waals surface area contributed by atoms with Gasteiger partial charge >= 0.3 is 0 Å². The number of methoxy groups -OCH3 is 1. The van der Waals surface area contributed by atoms with Gasteiger partial charge in [0.1, 0.15) is 12.1 Å². The van der Waals surface area contributed by atoms with E-state index in [-0.39, 0.29) is 22.3 Å². The number of halogens is 3. The van der Waals surface area contributed by atoms with Crippen LogP contribution in [0.1, 0.15) is 17.4 Å². The molecule has 14 heteroatoms. The van der Waals surface area contributed by atoms with Crippen LogP contribution in [0.3, 0.4) is 0 Å². The van der Waals surface area contributed by atoms with Crippen LogP contribution >= 0.6 is 11.6 Å². The maximum atomic E-state index is 15.4. The summed E-state index contributed by atoms with van der Waals surface area (Å²) in [6.07, 6.45) is 5.00. The largest absolute Gasteiger partial charge is 0.480 e. The number of nitrogens with zero attached hydrogens (tertiary/aromatic N) is 4. The lowest BCUT2D eigenvalue weighted by atomic mass is 10.1. The van der Waals surface area contributed by atoms with E-state index in [4.69, 9.17) is 16.3 Å². The zero-order valence-corrected chi connectivity index (χ0v) is 19.8. The number of carbonyl (C=O) groups excluding carboxylic acids is 1. The Kier molecular flexibility index (Phi) is 6.54. The molecule has 0 saturated carbocycles. The number of hydrogen-bond donors (Lipinski definition) is 2. The lowest BCUT2D eigenvalue weighted by Gasteiger charge is -2.14. The van der Waals surface area contributed by atoms with Crippen molar-refractivity contribution in [2.45, 2.75) is 11.8 Å². The SMILES string of the molecule is CCNC(=O)c1ncn2cc(-c3c(F)ccc(NS(=O)(=O)c4cc(Cl)cnc4OC)c3F)ncc12. The van der Waals surface area contributed by atoms with Crippen LogP contribution in [0, 0.1) is 11.6 Å². The number of hydrogen-bond acceptors (Lipinski definition) is 7. The van der Waals surface area contributed by atoms with E-state index < -0.39 is 43.7 Å². The summed E-state index contributed by atoms with van der Waals surface area (Å²) in [7, 11) is -3.21. The van der Waals surface area contributed by atoms with E-state index >= 15 is 4.39 Å². The number of nitrogens with one attached hydrogen (secondary N) is 2. The van der Waals surface area contributed by atoms with Crippen LogP contribution < -0.4 is 14.8 Å². The molecule has 0 fully saturated rings. The van der Waals surface area contributed by atoms with Crippen molar-refractivity contribution >= 4 is 38.7 Å². The van der Waals surface area contributed by atoms with E-state index in [1.165, 1.54) is 36.4 Å². The normalized spacial score (nSPS) is 11.5. The molecule has 0 spiro atoms. The fraction of sp³-hybridized carbons (Fsp3) is 0.143. The molecular formula is C21H17ClF2N6O4S. The van der Waals surface area contributed by atoms with Gasteiger partial charge in [-0.05, 0) is 25.1 Å². The highest BCUT2D eigenvalue weighted by molar-refractivity contribution is 7.92. The summed E-state index contributed by atoms with van der Waals surface area (Å²) >= 11 is 5.85. The molecule has 10 nitrogen and oxygen atoms in total. The van der Waals surface area contributed by atoms with E-state index in [1.54, 1.807) is 6.92 Å². The standard InChI is InChI=1S/C21H17ClF2N6O4S/c1-3-25-20(31)19-15-8-26-14(9-30(15)10-28-19)17-12(23)4-5-13(18(17)24)29-35(32,33)16-6-11(22)7-27-21(16)34-2/h4-10,29H,3H2,1-2H3,(H,25,31). The molecule has 0 unspecified atom stereocenters. The Bertz CT molecular complexity index is 1560. The van der Waals surface area contributed by atoms with Gasteiger partial charge in [0.25, 0.3) is 15.9 Å². The first-order chi connectivity index (χ1) is 16.7. The number of anilines is 1. The summed E-state index contributed by atoms with van der Waals surface area (Å²) in [6.45, 7) is 2.14. The Hall–Kier alpha value is -3.84. The molecule has 182 valence electrons. The van der Waals surface area contributed by atoms with Crippen LogP contribution in [0.5, 0.6) is 5.88 Å². The molecule has 0 radical (unpaired) electrons. The van der Waals surface area contributed by atoms with Gasteiger partial charge in [-0.1, -0.05) is 11.6 Å². The van der Waals surface area contributed by atoms with Crippen molar-refractivity contribution in [2.24, 2.45) is 0 Å². The predicted molar refractivity (Wildman–Crippen MR) is 123 cm³/mol. The molecule has 0 aliphatic rings. The molecule has 0 aliphatic carbocycles. The van der Waals surface area contributed by atoms with Crippen LogP contribution in [0.2, 0.25) is 5.02 Å². The molecule has 0 atom stereocenters. The molecule has 4 rings (SSSR count). The number of rotatable bonds is 7. The monoisotopic (exact) mass is 522 g/mol. The van der Waals surface area contributed by atoms with E-state index in [9.17, 15) is 17.6 Å². The number of fused-ring (bicyclic) bond motifs is 1. The first kappa shape index (κ1) is 24.3. The summed E-state index contributed by atoms with van der Waals surface area (Å²) in [4.78, 5) is 23.6. The second-order valence-electron chi connectivity index (χ2n) is 7.07. The molecule has 3 heterocycles. The molecule has 0 bridgehead atoms. The lowest BCUT2D eigenvalue weighted by molar-refractivity contribution is 0.0953. The Balaban J connectivity index is 1.75. The van der Waals surface area contributed by atoms with Crippen LogP contribution in [0.4, 0.5) is 14.5 Å². The summed E-state index contributed by atoms with van der Waals surface area (Å²) in [5, 5.41) is 2.62. The van der Waals surface area contributed by atoms with Gasteiger partial charge in [0.15, 0.2) is 16.4 Å². The van der Waals surface area contributed by atoms with Crippen molar-refractivity contribution in [1.82, 2.24) is 24.7 Å². The van der Waals surface area contributed by atoms with Gasteiger partial charge in [0.05, 0.1) is 40.8 Å². The first-order valence-electron chi connectivity index (χ1n) is 9.98. The third-order valence-electron chi connectivity index (χ3n) is 4.83. The number of ether oxygens (including phenoxy) is 1. The summed E-state index contributed by atoms with van der Waals surface area (Å²) in [5.74, 6) is -2.88. The molecule has 0 saturated heterocycles. The third kappa shape index (κ3) is 4.59. The van der Waals surface area contributed by atoms with Crippen molar-refractivity contribution in [2.75, 3.05) is 18.4 Å². The summed E-state index contributed by atoms with van der Waals surface area (Å²) in [5.41, 5.74) is -0.874. The average molecular weight is 523 g/mol. The molecule has 4 aromatic rings. The van der Waals surface area contributed by atoms with Gasteiger partial charge in [-0.2, -0.15) is 0 Å². The van der Waals surface area contributed by atoms with E-state index in [0.29, 0.717) is 12.1 Å². The minimum atomic E-state index is -4.42. The summed E-state index contributed by atoms with van der Waals surface area (Å²) in [6, 6.07) is 2.90. The Morgan fingerprint density at radius 3 is 2.69 bits per heavy atom.